The van der Waals surface area contributed by atoms with E-state index in [1.54, 1.807) is 19.2 Å². The van der Waals surface area contributed by atoms with Crippen molar-refractivity contribution in [2.75, 3.05) is 14.2 Å². The van der Waals surface area contributed by atoms with E-state index < -0.39 is 11.8 Å². The minimum Gasteiger partial charge on any atom is -0.463 e. The van der Waals surface area contributed by atoms with Gasteiger partial charge in [-0.2, -0.15) is 0 Å². The van der Waals surface area contributed by atoms with Crippen molar-refractivity contribution >= 4 is 17.6 Å². The number of hydrogen-bond acceptors (Lipinski definition) is 4. The highest BCUT2D eigenvalue weighted by molar-refractivity contribution is 6.30. The minimum absolute atomic E-state index is 0.0540. The van der Waals surface area contributed by atoms with E-state index in [0.717, 1.165) is 0 Å². The number of hydrogen-bond donors (Lipinski definition) is 1. The molecule has 0 saturated heterocycles. The molecular formula is C14H13ClFNO3. The Morgan fingerprint density at radius 1 is 1.40 bits per heavy atom. The largest absolute Gasteiger partial charge is 0.463 e. The van der Waals surface area contributed by atoms with E-state index in [1.807, 2.05) is 0 Å². The van der Waals surface area contributed by atoms with Gasteiger partial charge < -0.3 is 14.5 Å². The highest BCUT2D eigenvalue weighted by Gasteiger charge is 2.19. The SMILES string of the molecule is CNC(c1ccc(Cl)c(F)c1)c1ccc(C(=O)OC)o1. The van der Waals surface area contributed by atoms with Crippen molar-refractivity contribution in [3.63, 3.8) is 0 Å². The van der Waals surface area contributed by atoms with Crippen molar-refractivity contribution in [3.8, 4) is 0 Å². The Labute approximate surface area is 120 Å². The van der Waals surface area contributed by atoms with E-state index in [4.69, 9.17) is 16.0 Å². The zero-order chi connectivity index (χ0) is 14.7. The van der Waals surface area contributed by atoms with Gasteiger partial charge in [0.1, 0.15) is 11.6 Å². The fourth-order valence-corrected chi connectivity index (χ4v) is 2.00. The predicted octanol–water partition coefficient (Wildman–Crippen LogP) is 3.17. The molecule has 6 heteroatoms. The summed E-state index contributed by atoms with van der Waals surface area (Å²) in [6.07, 6.45) is 0. The number of rotatable bonds is 4. The van der Waals surface area contributed by atoms with Crippen molar-refractivity contribution in [3.05, 3.63) is 58.3 Å². The van der Waals surface area contributed by atoms with Gasteiger partial charge in [0.15, 0.2) is 0 Å². The number of benzene rings is 1. The second-order valence-corrected chi connectivity index (χ2v) is 4.50. The topological polar surface area (TPSA) is 51.5 Å². The second kappa shape index (κ2) is 6.07. The van der Waals surface area contributed by atoms with Crippen LogP contribution in [0.5, 0.6) is 0 Å². The first-order valence-electron chi connectivity index (χ1n) is 5.87. The smallest absolute Gasteiger partial charge is 0.373 e. The normalized spacial score (nSPS) is 12.2. The summed E-state index contributed by atoms with van der Waals surface area (Å²) in [5.74, 6) is -0.496. The molecule has 0 amide bonds. The van der Waals surface area contributed by atoms with E-state index in [-0.39, 0.29) is 16.8 Å². The van der Waals surface area contributed by atoms with E-state index in [1.165, 1.54) is 25.3 Å². The van der Waals surface area contributed by atoms with Crippen LogP contribution in [0.2, 0.25) is 5.02 Å². The molecule has 0 aliphatic heterocycles. The first-order chi connectivity index (χ1) is 9.56. The summed E-state index contributed by atoms with van der Waals surface area (Å²) >= 11 is 5.66. The van der Waals surface area contributed by atoms with Crippen molar-refractivity contribution in [1.29, 1.82) is 0 Å². The number of methoxy groups -OCH3 is 1. The minimum atomic E-state index is -0.562. The number of furan rings is 1. The molecule has 2 rings (SSSR count). The monoisotopic (exact) mass is 297 g/mol. The van der Waals surface area contributed by atoms with Crippen molar-refractivity contribution in [2.24, 2.45) is 0 Å². The lowest BCUT2D eigenvalue weighted by Crippen LogP contribution is -2.17. The first-order valence-corrected chi connectivity index (χ1v) is 6.25. The molecule has 0 radical (unpaired) electrons. The molecule has 0 fully saturated rings. The Hall–Kier alpha value is -1.85. The maximum absolute atomic E-state index is 13.5. The molecule has 1 N–H and O–H groups in total. The summed E-state index contributed by atoms with van der Waals surface area (Å²) in [4.78, 5) is 11.4. The molecule has 1 unspecified atom stereocenters. The quantitative estimate of drug-likeness (QED) is 0.881. The zero-order valence-electron chi connectivity index (χ0n) is 10.9. The van der Waals surface area contributed by atoms with Crippen LogP contribution in [-0.4, -0.2) is 20.1 Å². The van der Waals surface area contributed by atoms with Crippen molar-refractivity contribution < 1.29 is 18.3 Å². The molecule has 1 atom stereocenters. The van der Waals surface area contributed by atoms with Gasteiger partial charge in [-0.15, -0.1) is 0 Å². The lowest BCUT2D eigenvalue weighted by atomic mass is 10.0. The summed E-state index contributed by atoms with van der Waals surface area (Å²) in [5.41, 5.74) is 0.639. The summed E-state index contributed by atoms with van der Waals surface area (Å²) in [6, 6.07) is 7.25. The van der Waals surface area contributed by atoms with Crippen LogP contribution in [0.25, 0.3) is 0 Å². The van der Waals surface area contributed by atoms with E-state index in [0.29, 0.717) is 11.3 Å². The first kappa shape index (κ1) is 14.6. The van der Waals surface area contributed by atoms with Crippen LogP contribution in [-0.2, 0) is 4.74 Å². The lowest BCUT2D eigenvalue weighted by Gasteiger charge is -2.14. The summed E-state index contributed by atoms with van der Waals surface area (Å²) in [7, 11) is 2.98. The van der Waals surface area contributed by atoms with Gasteiger partial charge in [-0.1, -0.05) is 17.7 Å². The molecule has 20 heavy (non-hydrogen) atoms. The molecule has 1 heterocycles. The van der Waals surface area contributed by atoms with Gasteiger partial charge >= 0.3 is 5.97 Å². The van der Waals surface area contributed by atoms with E-state index in [9.17, 15) is 9.18 Å². The number of carbonyl (C=O) groups is 1. The van der Waals surface area contributed by atoms with Crippen LogP contribution in [0.3, 0.4) is 0 Å². The van der Waals surface area contributed by atoms with Gasteiger partial charge in [0, 0.05) is 0 Å². The van der Waals surface area contributed by atoms with E-state index in [2.05, 4.69) is 10.1 Å². The van der Waals surface area contributed by atoms with Crippen molar-refractivity contribution in [2.45, 2.75) is 6.04 Å². The molecule has 0 aliphatic rings. The standard InChI is InChI=1S/C14H13ClFNO3/c1-17-13(8-3-4-9(15)10(16)7-8)11-5-6-12(20-11)14(18)19-2/h3-7,13,17H,1-2H3. The highest BCUT2D eigenvalue weighted by atomic mass is 35.5. The van der Waals surface area contributed by atoms with Gasteiger partial charge in [0.2, 0.25) is 5.76 Å². The second-order valence-electron chi connectivity index (χ2n) is 4.09. The average Bonchev–Trinajstić information content (AvgIpc) is 2.92. The Balaban J connectivity index is 2.34. The van der Waals surface area contributed by atoms with Gasteiger partial charge in [0.25, 0.3) is 0 Å². The van der Waals surface area contributed by atoms with Crippen LogP contribution < -0.4 is 5.32 Å². The molecule has 0 bridgehead atoms. The summed E-state index contributed by atoms with van der Waals surface area (Å²) in [5, 5.41) is 3.05. The predicted molar refractivity (Wildman–Crippen MR) is 72.4 cm³/mol. The highest BCUT2D eigenvalue weighted by Crippen LogP contribution is 2.26. The molecule has 2 aromatic rings. The summed E-state index contributed by atoms with van der Waals surface area (Å²) in [6.45, 7) is 0. The summed E-state index contributed by atoms with van der Waals surface area (Å²) < 4.78 is 23.5. The number of nitrogens with one attached hydrogen (secondary N) is 1. The maximum Gasteiger partial charge on any atom is 0.373 e. The number of ether oxygens (including phenoxy) is 1. The molecule has 106 valence electrons. The Kier molecular flexibility index (Phi) is 4.42. The van der Waals surface area contributed by atoms with Crippen LogP contribution in [0.4, 0.5) is 4.39 Å². The van der Waals surface area contributed by atoms with Gasteiger partial charge in [-0.3, -0.25) is 0 Å². The van der Waals surface area contributed by atoms with Crippen LogP contribution in [0, 0.1) is 5.82 Å². The molecule has 0 saturated carbocycles. The maximum atomic E-state index is 13.5. The Bertz CT molecular complexity index is 627. The zero-order valence-corrected chi connectivity index (χ0v) is 11.7. The third-order valence-corrected chi connectivity index (χ3v) is 3.17. The number of carbonyl (C=O) groups excluding carboxylic acids is 1. The third kappa shape index (κ3) is 2.84. The number of halogens is 2. The molecule has 0 spiro atoms. The molecular weight excluding hydrogens is 285 g/mol. The molecule has 4 nitrogen and oxygen atoms in total. The Morgan fingerprint density at radius 3 is 2.75 bits per heavy atom. The van der Waals surface area contributed by atoms with E-state index >= 15 is 0 Å². The molecule has 1 aromatic carbocycles. The van der Waals surface area contributed by atoms with Crippen LogP contribution in [0.1, 0.15) is 27.9 Å². The van der Waals surface area contributed by atoms with Crippen molar-refractivity contribution in [1.82, 2.24) is 5.32 Å². The van der Waals surface area contributed by atoms with Gasteiger partial charge in [-0.05, 0) is 36.9 Å². The van der Waals surface area contributed by atoms with Crippen LogP contribution in [0.15, 0.2) is 34.7 Å². The van der Waals surface area contributed by atoms with Gasteiger partial charge in [0.05, 0.1) is 18.2 Å². The lowest BCUT2D eigenvalue weighted by molar-refractivity contribution is 0.0562. The fourth-order valence-electron chi connectivity index (χ4n) is 1.88. The fraction of sp³-hybridized carbons (Fsp3) is 0.214. The van der Waals surface area contributed by atoms with Gasteiger partial charge in [-0.25, -0.2) is 9.18 Å². The van der Waals surface area contributed by atoms with Crippen LogP contribution >= 0.6 is 11.6 Å². The molecule has 1 aromatic heterocycles. The number of esters is 1. The Morgan fingerprint density at radius 2 is 2.15 bits per heavy atom. The average molecular weight is 298 g/mol. The molecule has 0 aliphatic carbocycles. The third-order valence-electron chi connectivity index (χ3n) is 2.86.